The van der Waals surface area contributed by atoms with Crippen molar-refractivity contribution < 1.29 is 13.5 Å². The molecule has 0 unspecified atom stereocenters. The molecule has 3 heteroatoms. The number of benzene rings is 2. The summed E-state index contributed by atoms with van der Waals surface area (Å²) >= 11 is 0. The molecule has 0 radical (unpaired) electrons. The van der Waals surface area contributed by atoms with Crippen molar-refractivity contribution in [2.24, 2.45) is 17.8 Å². The third-order valence-corrected chi connectivity index (χ3v) is 8.57. The largest absolute Gasteiger partial charge is 0.384 e. The van der Waals surface area contributed by atoms with Crippen LogP contribution in [0.25, 0.3) is 11.1 Å². The molecule has 2 aliphatic carbocycles. The summed E-state index contributed by atoms with van der Waals surface area (Å²) in [6.07, 6.45) is 13.8. The van der Waals surface area contributed by atoms with Crippen LogP contribution < -0.4 is 0 Å². The van der Waals surface area contributed by atoms with Gasteiger partial charge in [0.15, 0.2) is 0 Å². The summed E-state index contributed by atoms with van der Waals surface area (Å²) in [6.45, 7) is 3.11. The Hall–Kier alpha value is -1.74. The van der Waals surface area contributed by atoms with E-state index in [1.54, 1.807) is 7.11 Å². The molecular formula is C31H42F2O. The zero-order chi connectivity index (χ0) is 23.9. The SMILES string of the molecule is CCCC1CCC(c2ccc(-c3cc(F)c(CCC4CCC(COC)CC4)c(F)c3)cc2)CC1. The number of hydrogen-bond acceptors (Lipinski definition) is 1. The third-order valence-electron chi connectivity index (χ3n) is 8.57. The van der Waals surface area contributed by atoms with E-state index in [-0.39, 0.29) is 5.56 Å². The topological polar surface area (TPSA) is 9.23 Å². The predicted molar refractivity (Wildman–Crippen MR) is 137 cm³/mol. The van der Waals surface area contributed by atoms with E-state index < -0.39 is 11.6 Å². The van der Waals surface area contributed by atoms with Crippen LogP contribution in [-0.2, 0) is 11.2 Å². The summed E-state index contributed by atoms with van der Waals surface area (Å²) in [6, 6.07) is 11.5. The van der Waals surface area contributed by atoms with Crippen LogP contribution in [0.1, 0.15) is 94.6 Å². The van der Waals surface area contributed by atoms with E-state index in [4.69, 9.17) is 4.74 Å². The lowest BCUT2D eigenvalue weighted by atomic mass is 9.77. The average molecular weight is 469 g/mol. The standard InChI is InChI=1S/C31H42F2O/c1-3-4-22-9-12-25(13-10-22)26-14-16-27(17-15-26)28-19-30(32)29(31(33)20-28)18-11-23-5-7-24(8-6-23)21-34-2/h14-17,19-20,22-25H,3-13,18,21H2,1-2H3. The number of methoxy groups -OCH3 is 1. The van der Waals surface area contributed by atoms with Crippen molar-refractivity contribution in [1.29, 1.82) is 0 Å². The molecule has 0 atom stereocenters. The summed E-state index contributed by atoms with van der Waals surface area (Å²) in [5.41, 5.74) is 3.15. The minimum atomic E-state index is -0.401. The minimum absolute atomic E-state index is 0.253. The van der Waals surface area contributed by atoms with Crippen LogP contribution in [-0.4, -0.2) is 13.7 Å². The van der Waals surface area contributed by atoms with Gasteiger partial charge in [0.2, 0.25) is 0 Å². The molecule has 2 fully saturated rings. The predicted octanol–water partition coefficient (Wildman–Crippen LogP) is 9.09. The molecule has 0 amide bonds. The second-order valence-electron chi connectivity index (χ2n) is 10.9. The molecule has 0 aliphatic heterocycles. The van der Waals surface area contributed by atoms with Gasteiger partial charge >= 0.3 is 0 Å². The van der Waals surface area contributed by atoms with Gasteiger partial charge in [-0.05, 0) is 104 Å². The first-order valence-corrected chi connectivity index (χ1v) is 13.6. The third kappa shape index (κ3) is 6.47. The maximum atomic E-state index is 14.9. The smallest absolute Gasteiger partial charge is 0.129 e. The lowest BCUT2D eigenvalue weighted by Gasteiger charge is -2.28. The minimum Gasteiger partial charge on any atom is -0.384 e. The van der Waals surface area contributed by atoms with E-state index in [9.17, 15) is 8.78 Å². The van der Waals surface area contributed by atoms with Crippen molar-refractivity contribution in [3.8, 4) is 11.1 Å². The Balaban J connectivity index is 1.34. The maximum absolute atomic E-state index is 14.9. The lowest BCUT2D eigenvalue weighted by Crippen LogP contribution is -2.18. The van der Waals surface area contributed by atoms with Crippen LogP contribution in [0, 0.1) is 29.4 Å². The monoisotopic (exact) mass is 468 g/mol. The average Bonchev–Trinajstić information content (AvgIpc) is 2.85. The van der Waals surface area contributed by atoms with Crippen molar-refractivity contribution in [3.05, 3.63) is 59.2 Å². The Morgan fingerprint density at radius 2 is 1.29 bits per heavy atom. The first-order valence-electron chi connectivity index (χ1n) is 13.6. The van der Waals surface area contributed by atoms with Crippen LogP contribution in [0.5, 0.6) is 0 Å². The molecule has 0 spiro atoms. The molecular weight excluding hydrogens is 426 g/mol. The summed E-state index contributed by atoms with van der Waals surface area (Å²) in [7, 11) is 1.76. The molecule has 0 aromatic heterocycles. The fraction of sp³-hybridized carbons (Fsp3) is 0.613. The molecule has 1 nitrogen and oxygen atoms in total. The molecule has 0 saturated heterocycles. The summed E-state index contributed by atoms with van der Waals surface area (Å²) in [5, 5.41) is 0. The van der Waals surface area contributed by atoms with Gasteiger partial charge in [0, 0.05) is 19.3 Å². The number of ether oxygens (including phenoxy) is 1. The van der Waals surface area contributed by atoms with Gasteiger partial charge in [-0.2, -0.15) is 0 Å². The van der Waals surface area contributed by atoms with Crippen LogP contribution in [0.4, 0.5) is 8.78 Å². The van der Waals surface area contributed by atoms with Crippen LogP contribution in [0.3, 0.4) is 0 Å². The van der Waals surface area contributed by atoms with Crippen molar-refractivity contribution in [1.82, 2.24) is 0 Å². The van der Waals surface area contributed by atoms with Crippen LogP contribution in [0.2, 0.25) is 0 Å². The number of hydrogen-bond donors (Lipinski definition) is 0. The zero-order valence-corrected chi connectivity index (χ0v) is 21.1. The number of rotatable bonds is 9. The zero-order valence-electron chi connectivity index (χ0n) is 21.1. The van der Waals surface area contributed by atoms with E-state index in [1.807, 2.05) is 12.1 Å². The molecule has 34 heavy (non-hydrogen) atoms. The van der Waals surface area contributed by atoms with E-state index >= 15 is 0 Å². The molecule has 0 N–H and O–H groups in total. The highest BCUT2D eigenvalue weighted by atomic mass is 19.1. The van der Waals surface area contributed by atoms with Gasteiger partial charge in [-0.15, -0.1) is 0 Å². The summed E-state index contributed by atoms with van der Waals surface area (Å²) < 4.78 is 35.1. The lowest BCUT2D eigenvalue weighted by molar-refractivity contribution is 0.117. The van der Waals surface area contributed by atoms with Gasteiger partial charge in [0.25, 0.3) is 0 Å². The van der Waals surface area contributed by atoms with Gasteiger partial charge < -0.3 is 4.74 Å². The summed E-state index contributed by atoms with van der Waals surface area (Å²) in [5.74, 6) is 1.94. The Kier molecular flexibility index (Phi) is 9.17. The van der Waals surface area contributed by atoms with Gasteiger partial charge in [-0.25, -0.2) is 8.78 Å². The van der Waals surface area contributed by atoms with Gasteiger partial charge in [-0.1, -0.05) is 56.9 Å². The van der Waals surface area contributed by atoms with Crippen LogP contribution >= 0.6 is 0 Å². The van der Waals surface area contributed by atoms with Crippen molar-refractivity contribution >= 4 is 0 Å². The maximum Gasteiger partial charge on any atom is 0.129 e. The number of halogens is 2. The van der Waals surface area contributed by atoms with Crippen molar-refractivity contribution in [2.45, 2.75) is 89.9 Å². The fourth-order valence-corrected chi connectivity index (χ4v) is 6.42. The first kappa shape index (κ1) is 25.4. The molecule has 2 aromatic carbocycles. The quantitative estimate of drug-likeness (QED) is 0.356. The van der Waals surface area contributed by atoms with Gasteiger partial charge in [0.1, 0.15) is 11.6 Å². The van der Waals surface area contributed by atoms with Gasteiger partial charge in [0.05, 0.1) is 0 Å². The van der Waals surface area contributed by atoms with E-state index in [0.717, 1.165) is 37.4 Å². The van der Waals surface area contributed by atoms with E-state index in [1.165, 1.54) is 69.1 Å². The Morgan fingerprint density at radius 1 is 0.735 bits per heavy atom. The fourth-order valence-electron chi connectivity index (χ4n) is 6.42. The first-order chi connectivity index (χ1) is 16.6. The molecule has 4 rings (SSSR count). The second kappa shape index (κ2) is 12.3. The second-order valence-corrected chi connectivity index (χ2v) is 10.9. The Labute approximate surface area is 205 Å². The molecule has 186 valence electrons. The van der Waals surface area contributed by atoms with Gasteiger partial charge in [-0.3, -0.25) is 0 Å². The Bertz CT molecular complexity index is 867. The van der Waals surface area contributed by atoms with Crippen LogP contribution in [0.15, 0.2) is 36.4 Å². The summed E-state index contributed by atoms with van der Waals surface area (Å²) in [4.78, 5) is 0. The Morgan fingerprint density at radius 3 is 1.88 bits per heavy atom. The van der Waals surface area contributed by atoms with E-state index in [2.05, 4.69) is 19.1 Å². The molecule has 0 heterocycles. The molecule has 2 aromatic rings. The molecule has 2 saturated carbocycles. The van der Waals surface area contributed by atoms with Crippen molar-refractivity contribution in [3.63, 3.8) is 0 Å². The highest BCUT2D eigenvalue weighted by molar-refractivity contribution is 5.64. The molecule has 2 aliphatic rings. The highest BCUT2D eigenvalue weighted by Gasteiger charge is 2.23. The van der Waals surface area contributed by atoms with Crippen molar-refractivity contribution in [2.75, 3.05) is 13.7 Å². The normalized spacial score (nSPS) is 25.4. The van der Waals surface area contributed by atoms with E-state index in [0.29, 0.717) is 29.7 Å². The highest BCUT2D eigenvalue weighted by Crippen LogP contribution is 2.38. The molecule has 0 bridgehead atoms.